The molecule has 16 heteroatoms. The van der Waals surface area contributed by atoms with Crippen LogP contribution < -0.4 is 26.6 Å². The third-order valence-electron chi connectivity index (χ3n) is 8.72. The Morgan fingerprint density at radius 1 is 1.02 bits per heavy atom. The molecule has 1 saturated heterocycles. The van der Waals surface area contributed by atoms with Crippen LogP contribution >= 0.6 is 11.6 Å². The summed E-state index contributed by atoms with van der Waals surface area (Å²) in [6, 6.07) is 14.1. The Bertz CT molecular complexity index is 2220. The molecule has 4 heterocycles. The molecule has 0 bridgehead atoms. The van der Waals surface area contributed by atoms with Gasteiger partial charge in [-0.1, -0.05) is 48.0 Å². The lowest BCUT2D eigenvalue weighted by Crippen LogP contribution is -2.46. The summed E-state index contributed by atoms with van der Waals surface area (Å²) < 4.78 is 54.1. The topological polar surface area (TPSA) is 145 Å². The molecule has 1 aliphatic rings. The Labute approximate surface area is 288 Å². The van der Waals surface area contributed by atoms with E-state index >= 15 is 0 Å². The fraction of sp³-hybridized carbons (Fsp3) is 0.324. The number of benzene rings is 2. The maximum absolute atomic E-state index is 13.9. The van der Waals surface area contributed by atoms with Gasteiger partial charge in [0.2, 0.25) is 11.7 Å². The van der Waals surface area contributed by atoms with E-state index in [9.17, 15) is 27.9 Å². The number of ether oxygens (including phenoxy) is 2. The zero-order valence-electron chi connectivity index (χ0n) is 27.4. The second-order valence-electron chi connectivity index (χ2n) is 11.9. The number of methoxy groups -OCH3 is 1. The second-order valence-corrected chi connectivity index (χ2v) is 12.2. The van der Waals surface area contributed by atoms with Crippen molar-refractivity contribution in [3.05, 3.63) is 91.3 Å². The Morgan fingerprint density at radius 2 is 1.74 bits per heavy atom. The van der Waals surface area contributed by atoms with Crippen molar-refractivity contribution in [2.75, 3.05) is 25.6 Å². The number of aryl methyl sites for hydroxylation is 1. The van der Waals surface area contributed by atoms with E-state index in [1.54, 1.807) is 31.2 Å². The van der Waals surface area contributed by atoms with Crippen molar-refractivity contribution in [3.63, 3.8) is 0 Å². The number of nitrogens with one attached hydrogen (secondary N) is 2. The second kappa shape index (κ2) is 13.8. The number of nitrogens with zero attached hydrogens (tertiary/aromatic N) is 5. The molecular weight excluding hydrogens is 679 g/mol. The molecule has 3 aromatic heterocycles. The van der Waals surface area contributed by atoms with Crippen LogP contribution in [0.3, 0.4) is 0 Å². The van der Waals surface area contributed by atoms with E-state index in [0.717, 1.165) is 14.7 Å². The summed E-state index contributed by atoms with van der Waals surface area (Å²) in [4.78, 5) is 37.6. The summed E-state index contributed by atoms with van der Waals surface area (Å²) in [5.74, 6) is -1.53. The zero-order valence-corrected chi connectivity index (χ0v) is 28.2. The quantitative estimate of drug-likeness (QED) is 0.207. The Kier molecular flexibility index (Phi) is 9.68. The van der Waals surface area contributed by atoms with Gasteiger partial charge in [0.1, 0.15) is 11.2 Å². The number of halogens is 4. The predicted molar refractivity (Wildman–Crippen MR) is 182 cm³/mol. The summed E-state index contributed by atoms with van der Waals surface area (Å²) in [5, 5.41) is 16.6. The average Bonchev–Trinajstić information content (AvgIpc) is 3.10. The van der Waals surface area contributed by atoms with Gasteiger partial charge in [-0.15, -0.1) is 0 Å². The molecule has 5 aromatic rings. The first-order valence-electron chi connectivity index (χ1n) is 15.5. The number of anilines is 2. The Balaban J connectivity index is 1.36. The van der Waals surface area contributed by atoms with Crippen molar-refractivity contribution in [2.24, 2.45) is 14.1 Å². The SMILES string of the molecule is COc1nc(-c2cccc(-c3cccc(Nc4nc(C(F)(F)F)nc5c4c(=O)n(C)c(=O)n5C)c3C)c2Cl)ccc1CN[C@@H]1CCOC[C@@H]1O. The molecule has 0 radical (unpaired) electrons. The van der Waals surface area contributed by atoms with Gasteiger partial charge in [-0.25, -0.2) is 19.7 Å². The van der Waals surface area contributed by atoms with E-state index in [2.05, 4.69) is 20.6 Å². The molecule has 0 spiro atoms. The third-order valence-corrected chi connectivity index (χ3v) is 9.13. The lowest BCUT2D eigenvalue weighted by Gasteiger charge is -2.28. The largest absolute Gasteiger partial charge is 0.481 e. The van der Waals surface area contributed by atoms with Crippen LogP contribution in [0, 0.1) is 6.92 Å². The molecule has 6 rings (SSSR count). The van der Waals surface area contributed by atoms with Crippen LogP contribution in [0.5, 0.6) is 5.88 Å². The minimum absolute atomic E-state index is 0.119. The van der Waals surface area contributed by atoms with Crippen molar-refractivity contribution in [1.82, 2.24) is 29.4 Å². The lowest BCUT2D eigenvalue weighted by atomic mass is 9.96. The summed E-state index contributed by atoms with van der Waals surface area (Å²) in [5.41, 5.74) is 2.01. The smallest absolute Gasteiger partial charge is 0.451 e. The summed E-state index contributed by atoms with van der Waals surface area (Å²) in [6.45, 7) is 3.01. The fourth-order valence-corrected chi connectivity index (χ4v) is 6.26. The first-order chi connectivity index (χ1) is 23.8. The Morgan fingerprint density at radius 3 is 2.46 bits per heavy atom. The van der Waals surface area contributed by atoms with Crippen LogP contribution in [0.2, 0.25) is 5.02 Å². The van der Waals surface area contributed by atoms with Crippen LogP contribution in [0.15, 0.2) is 58.1 Å². The standard InChI is InChI=1S/C34H33ClF3N7O5/c1-17-19(7-6-10-22(17)40-28-26-29(43-32(42-28)34(36,37)38)44(2)33(48)45(3)31(26)47)20-8-5-9-21(27(20)35)23-12-11-18(30(41-23)49-4)15-39-24-13-14-50-16-25(24)46/h5-12,24-25,39,46H,13-16H2,1-4H3,(H,40,42,43)/t24-,25+/m1/s1. The highest BCUT2D eigenvalue weighted by atomic mass is 35.5. The third kappa shape index (κ3) is 6.56. The van der Waals surface area contributed by atoms with Crippen molar-refractivity contribution < 1.29 is 27.8 Å². The van der Waals surface area contributed by atoms with Gasteiger partial charge in [-0.3, -0.25) is 13.9 Å². The van der Waals surface area contributed by atoms with E-state index in [-0.39, 0.29) is 18.0 Å². The summed E-state index contributed by atoms with van der Waals surface area (Å²) in [7, 11) is 3.97. The lowest BCUT2D eigenvalue weighted by molar-refractivity contribution is -0.144. The van der Waals surface area contributed by atoms with Crippen molar-refractivity contribution >= 4 is 34.1 Å². The van der Waals surface area contributed by atoms with Crippen LogP contribution in [0.4, 0.5) is 24.7 Å². The maximum atomic E-state index is 13.9. The van der Waals surface area contributed by atoms with E-state index < -0.39 is 40.8 Å². The van der Waals surface area contributed by atoms with Gasteiger partial charge >= 0.3 is 11.9 Å². The highest BCUT2D eigenvalue weighted by Crippen LogP contribution is 2.40. The number of alkyl halides is 3. The van der Waals surface area contributed by atoms with Gasteiger partial charge in [0.15, 0.2) is 5.65 Å². The van der Waals surface area contributed by atoms with Crippen LogP contribution in [0.25, 0.3) is 33.4 Å². The van der Waals surface area contributed by atoms with E-state index in [1.807, 2.05) is 24.3 Å². The summed E-state index contributed by atoms with van der Waals surface area (Å²) in [6.07, 6.45) is -4.89. The van der Waals surface area contributed by atoms with Gasteiger partial charge < -0.3 is 25.2 Å². The molecule has 0 amide bonds. The van der Waals surface area contributed by atoms with E-state index in [0.29, 0.717) is 64.1 Å². The highest BCUT2D eigenvalue weighted by molar-refractivity contribution is 6.36. The molecule has 12 nitrogen and oxygen atoms in total. The van der Waals surface area contributed by atoms with Gasteiger partial charge in [-0.2, -0.15) is 13.2 Å². The summed E-state index contributed by atoms with van der Waals surface area (Å²) >= 11 is 7.02. The van der Waals surface area contributed by atoms with Crippen molar-refractivity contribution in [2.45, 2.75) is 38.2 Å². The molecule has 3 N–H and O–H groups in total. The first-order valence-corrected chi connectivity index (χ1v) is 15.9. The highest BCUT2D eigenvalue weighted by Gasteiger charge is 2.36. The number of aromatic nitrogens is 5. The fourth-order valence-electron chi connectivity index (χ4n) is 5.94. The molecule has 2 aromatic carbocycles. The molecule has 262 valence electrons. The number of hydrogen-bond acceptors (Lipinski definition) is 10. The minimum Gasteiger partial charge on any atom is -0.481 e. The van der Waals surface area contributed by atoms with Crippen LogP contribution in [0.1, 0.15) is 23.4 Å². The van der Waals surface area contributed by atoms with Gasteiger partial charge in [0.25, 0.3) is 5.56 Å². The molecule has 0 unspecified atom stereocenters. The number of pyridine rings is 1. The normalized spacial score (nSPS) is 16.5. The number of fused-ring (bicyclic) bond motifs is 1. The number of aliphatic hydroxyl groups excluding tert-OH is 1. The van der Waals surface area contributed by atoms with Crippen molar-refractivity contribution in [1.29, 1.82) is 0 Å². The monoisotopic (exact) mass is 711 g/mol. The molecule has 50 heavy (non-hydrogen) atoms. The number of rotatable bonds is 8. The van der Waals surface area contributed by atoms with Gasteiger partial charge in [-0.05, 0) is 36.6 Å². The first kappa shape index (κ1) is 35.0. The van der Waals surface area contributed by atoms with Gasteiger partial charge in [0, 0.05) is 55.7 Å². The van der Waals surface area contributed by atoms with Gasteiger partial charge in [0.05, 0.1) is 30.5 Å². The van der Waals surface area contributed by atoms with Crippen molar-refractivity contribution in [3.8, 4) is 28.3 Å². The van der Waals surface area contributed by atoms with Crippen LogP contribution in [-0.4, -0.2) is 61.7 Å². The predicted octanol–water partition coefficient (Wildman–Crippen LogP) is 4.73. The maximum Gasteiger partial charge on any atom is 0.451 e. The van der Waals surface area contributed by atoms with E-state index in [1.165, 1.54) is 21.2 Å². The minimum atomic E-state index is -4.95. The molecule has 2 atom stereocenters. The number of aliphatic hydroxyl groups is 1. The molecule has 0 aliphatic carbocycles. The van der Waals surface area contributed by atoms with Crippen LogP contribution in [-0.2, 0) is 31.6 Å². The molecule has 1 aliphatic heterocycles. The molecular formula is C34H33ClF3N7O5. The van der Waals surface area contributed by atoms with E-state index in [4.69, 9.17) is 26.1 Å². The molecule has 1 fully saturated rings. The Hall–Kier alpha value is -4.83. The molecule has 0 saturated carbocycles. The number of hydrogen-bond donors (Lipinski definition) is 3. The zero-order chi connectivity index (χ0) is 35.9. The average molecular weight is 712 g/mol.